The first-order valence-corrected chi connectivity index (χ1v) is 5.25. The Labute approximate surface area is 95.8 Å². The summed E-state index contributed by atoms with van der Waals surface area (Å²) in [5.41, 5.74) is 0.997. The van der Waals surface area contributed by atoms with Crippen molar-refractivity contribution < 1.29 is 4.74 Å². The van der Waals surface area contributed by atoms with Gasteiger partial charge in [-0.2, -0.15) is 0 Å². The largest absolute Gasteiger partial charge is 0.383 e. The summed E-state index contributed by atoms with van der Waals surface area (Å²) < 4.78 is 5.12. The number of methoxy groups -OCH3 is 1. The molecule has 1 aromatic rings. The summed E-state index contributed by atoms with van der Waals surface area (Å²) in [4.78, 5) is 3.94. The molecule has 0 fully saturated rings. The molecule has 0 spiro atoms. The van der Waals surface area contributed by atoms with Crippen molar-refractivity contribution in [1.29, 1.82) is 0 Å². The number of hydrogen-bond donors (Lipinski definition) is 1. The highest BCUT2D eigenvalue weighted by Crippen LogP contribution is 2.14. The van der Waals surface area contributed by atoms with Gasteiger partial charge in [0.2, 0.25) is 0 Å². The van der Waals surface area contributed by atoms with Crippen LogP contribution in [0.4, 0.5) is 0 Å². The minimum Gasteiger partial charge on any atom is -0.383 e. The van der Waals surface area contributed by atoms with Crippen molar-refractivity contribution in [2.75, 3.05) is 13.7 Å². The number of aromatic nitrogens is 1. The summed E-state index contributed by atoms with van der Waals surface area (Å²) in [5.74, 6) is 0. The van der Waals surface area contributed by atoms with Crippen molar-refractivity contribution in [2.24, 2.45) is 0 Å². The molecule has 0 bridgehead atoms. The van der Waals surface area contributed by atoms with Crippen molar-refractivity contribution in [3.05, 3.63) is 29.0 Å². The lowest BCUT2D eigenvalue weighted by atomic mass is 10.1. The summed E-state index contributed by atoms with van der Waals surface area (Å²) >= 11 is 6.00. The van der Waals surface area contributed by atoms with Crippen LogP contribution in [0.15, 0.2) is 18.5 Å². The molecule has 0 unspecified atom stereocenters. The van der Waals surface area contributed by atoms with E-state index in [0.717, 1.165) is 12.1 Å². The zero-order valence-electron chi connectivity index (χ0n) is 9.38. The van der Waals surface area contributed by atoms with Crippen molar-refractivity contribution >= 4 is 11.6 Å². The van der Waals surface area contributed by atoms with E-state index in [-0.39, 0.29) is 5.54 Å². The number of pyridine rings is 1. The van der Waals surface area contributed by atoms with Gasteiger partial charge in [-0.05, 0) is 25.5 Å². The number of nitrogens with one attached hydrogen (secondary N) is 1. The fourth-order valence-corrected chi connectivity index (χ4v) is 1.48. The Kier molecular flexibility index (Phi) is 4.51. The first kappa shape index (κ1) is 12.4. The molecule has 1 aromatic heterocycles. The molecule has 1 rings (SSSR count). The lowest BCUT2D eigenvalue weighted by molar-refractivity contribution is 0.128. The summed E-state index contributed by atoms with van der Waals surface area (Å²) in [6, 6.07) is 1.91. The van der Waals surface area contributed by atoms with Gasteiger partial charge < -0.3 is 10.1 Å². The number of nitrogens with zero attached hydrogens (tertiary/aromatic N) is 1. The molecule has 0 aliphatic carbocycles. The van der Waals surface area contributed by atoms with Crippen LogP contribution in [0.1, 0.15) is 19.4 Å². The quantitative estimate of drug-likeness (QED) is 0.840. The molecule has 0 amide bonds. The minimum absolute atomic E-state index is 0.0542. The van der Waals surface area contributed by atoms with E-state index in [1.807, 2.05) is 6.07 Å². The van der Waals surface area contributed by atoms with Crippen LogP contribution in [0.5, 0.6) is 0 Å². The Morgan fingerprint density at radius 1 is 1.53 bits per heavy atom. The van der Waals surface area contributed by atoms with E-state index >= 15 is 0 Å². The molecule has 0 aliphatic heterocycles. The topological polar surface area (TPSA) is 34.1 Å². The van der Waals surface area contributed by atoms with Crippen LogP contribution < -0.4 is 5.32 Å². The third kappa shape index (κ3) is 4.16. The van der Waals surface area contributed by atoms with Crippen LogP contribution in [-0.4, -0.2) is 24.2 Å². The van der Waals surface area contributed by atoms with E-state index in [4.69, 9.17) is 16.3 Å². The average molecular weight is 229 g/mol. The first-order chi connectivity index (χ1) is 7.05. The maximum absolute atomic E-state index is 6.00. The molecule has 0 radical (unpaired) electrons. The molecule has 3 nitrogen and oxygen atoms in total. The minimum atomic E-state index is -0.0542. The van der Waals surface area contributed by atoms with Gasteiger partial charge in [0.1, 0.15) is 0 Å². The fourth-order valence-electron chi connectivity index (χ4n) is 1.29. The van der Waals surface area contributed by atoms with Gasteiger partial charge in [-0.25, -0.2) is 0 Å². The molecule has 1 N–H and O–H groups in total. The van der Waals surface area contributed by atoms with Gasteiger partial charge in [0.15, 0.2) is 0 Å². The predicted molar refractivity (Wildman–Crippen MR) is 62.0 cm³/mol. The molecular formula is C11H17ClN2O. The molecule has 15 heavy (non-hydrogen) atoms. The fraction of sp³-hybridized carbons (Fsp3) is 0.545. The van der Waals surface area contributed by atoms with E-state index in [1.54, 1.807) is 19.5 Å². The molecule has 0 saturated heterocycles. The van der Waals surface area contributed by atoms with Crippen molar-refractivity contribution in [2.45, 2.75) is 25.9 Å². The number of halogens is 1. The summed E-state index contributed by atoms with van der Waals surface area (Å²) in [5, 5.41) is 4.07. The zero-order valence-corrected chi connectivity index (χ0v) is 10.1. The molecular weight excluding hydrogens is 212 g/mol. The molecule has 84 valence electrons. The van der Waals surface area contributed by atoms with E-state index in [0.29, 0.717) is 11.6 Å². The molecule has 0 atom stereocenters. The average Bonchev–Trinajstić information content (AvgIpc) is 2.16. The van der Waals surface area contributed by atoms with E-state index in [2.05, 4.69) is 24.1 Å². The second-order valence-electron chi connectivity index (χ2n) is 4.14. The van der Waals surface area contributed by atoms with Crippen LogP contribution in [0.2, 0.25) is 5.02 Å². The third-order valence-electron chi connectivity index (χ3n) is 2.12. The molecule has 0 saturated carbocycles. The van der Waals surface area contributed by atoms with Gasteiger partial charge >= 0.3 is 0 Å². The Morgan fingerprint density at radius 3 is 2.87 bits per heavy atom. The van der Waals surface area contributed by atoms with E-state index in [1.165, 1.54) is 0 Å². The van der Waals surface area contributed by atoms with E-state index < -0.39 is 0 Å². The van der Waals surface area contributed by atoms with Crippen LogP contribution >= 0.6 is 11.6 Å². The van der Waals surface area contributed by atoms with Gasteiger partial charge in [0, 0.05) is 31.6 Å². The lowest BCUT2D eigenvalue weighted by Crippen LogP contribution is -2.42. The number of ether oxygens (including phenoxy) is 1. The smallest absolute Gasteiger partial charge is 0.0639 e. The highest BCUT2D eigenvalue weighted by Gasteiger charge is 2.16. The molecule has 4 heteroatoms. The monoisotopic (exact) mass is 228 g/mol. The highest BCUT2D eigenvalue weighted by molar-refractivity contribution is 6.31. The molecule has 1 heterocycles. The second kappa shape index (κ2) is 5.45. The zero-order chi connectivity index (χ0) is 11.3. The maximum atomic E-state index is 6.00. The van der Waals surface area contributed by atoms with Crippen LogP contribution in [0, 0.1) is 0 Å². The van der Waals surface area contributed by atoms with Gasteiger partial charge in [-0.15, -0.1) is 0 Å². The van der Waals surface area contributed by atoms with E-state index in [9.17, 15) is 0 Å². The highest BCUT2D eigenvalue weighted by atomic mass is 35.5. The number of rotatable bonds is 5. The maximum Gasteiger partial charge on any atom is 0.0639 e. The van der Waals surface area contributed by atoms with Crippen molar-refractivity contribution in [3.8, 4) is 0 Å². The normalized spacial score (nSPS) is 11.7. The first-order valence-electron chi connectivity index (χ1n) is 4.87. The summed E-state index contributed by atoms with van der Waals surface area (Å²) in [7, 11) is 1.70. The van der Waals surface area contributed by atoms with Gasteiger partial charge in [-0.1, -0.05) is 11.6 Å². The van der Waals surface area contributed by atoms with Gasteiger partial charge in [0.05, 0.1) is 11.6 Å². The van der Waals surface area contributed by atoms with Crippen LogP contribution in [0.3, 0.4) is 0 Å². The Balaban J connectivity index is 2.53. The lowest BCUT2D eigenvalue weighted by Gasteiger charge is -2.25. The molecule has 0 aliphatic rings. The second-order valence-corrected chi connectivity index (χ2v) is 4.54. The Bertz CT molecular complexity index is 315. The SMILES string of the molecule is COCC(C)(C)NCc1ccncc1Cl. The van der Waals surface area contributed by atoms with Gasteiger partial charge in [0.25, 0.3) is 0 Å². The van der Waals surface area contributed by atoms with Crippen LogP contribution in [-0.2, 0) is 11.3 Å². The standard InChI is InChI=1S/C11H17ClN2O/c1-11(2,8-15-3)14-6-9-4-5-13-7-10(9)12/h4-5,7,14H,6,8H2,1-3H3. The van der Waals surface area contributed by atoms with Crippen molar-refractivity contribution in [3.63, 3.8) is 0 Å². The third-order valence-corrected chi connectivity index (χ3v) is 2.46. The predicted octanol–water partition coefficient (Wildman–Crippen LogP) is 2.25. The summed E-state index contributed by atoms with van der Waals surface area (Å²) in [6.07, 6.45) is 3.40. The van der Waals surface area contributed by atoms with Crippen LogP contribution in [0.25, 0.3) is 0 Å². The van der Waals surface area contributed by atoms with Crippen molar-refractivity contribution in [1.82, 2.24) is 10.3 Å². The number of hydrogen-bond acceptors (Lipinski definition) is 3. The Hall–Kier alpha value is -0.640. The molecule has 0 aromatic carbocycles. The van der Waals surface area contributed by atoms with Gasteiger partial charge in [-0.3, -0.25) is 4.98 Å². The Morgan fingerprint density at radius 2 is 2.27 bits per heavy atom. The summed E-state index contributed by atoms with van der Waals surface area (Å²) in [6.45, 7) is 5.56.